The van der Waals surface area contributed by atoms with Crippen LogP contribution in [-0.2, 0) is 26.0 Å². The number of nitrogens with one attached hydrogen (secondary N) is 1. The fourth-order valence-electron chi connectivity index (χ4n) is 3.13. The van der Waals surface area contributed by atoms with E-state index < -0.39 is 21.9 Å². The average molecular weight is 406 g/mol. The largest absolute Gasteiger partial charge is 0.497 e. The molecule has 0 bridgehead atoms. The highest BCUT2D eigenvalue weighted by atomic mass is 32.2. The van der Waals surface area contributed by atoms with Crippen molar-refractivity contribution in [1.29, 1.82) is 0 Å². The Morgan fingerprint density at radius 1 is 1.11 bits per heavy atom. The molecule has 0 aliphatic rings. The molecule has 6 nitrogen and oxygen atoms in total. The Morgan fingerprint density at radius 3 is 2.25 bits per heavy atom. The highest BCUT2D eigenvalue weighted by Crippen LogP contribution is 2.25. The standard InChI is InChI=1S/C21H27NO5S/c1-5-27-21(23)18(13-17-9-7-6-8-10-17)14-22-28(24,25)20-15(2)11-19(26-4)12-16(20)3/h6-12,18,22H,5,13-14H2,1-4H3/t18-/m1/s1. The zero-order valence-electron chi connectivity index (χ0n) is 16.7. The van der Waals surface area contributed by atoms with Crippen LogP contribution < -0.4 is 9.46 Å². The molecule has 2 rings (SSSR count). The first-order chi connectivity index (χ1) is 13.3. The molecule has 0 aliphatic heterocycles. The van der Waals surface area contributed by atoms with Crippen LogP contribution in [0.2, 0.25) is 0 Å². The van der Waals surface area contributed by atoms with Crippen LogP contribution in [0.1, 0.15) is 23.6 Å². The first-order valence-electron chi connectivity index (χ1n) is 9.14. The zero-order valence-corrected chi connectivity index (χ0v) is 17.5. The average Bonchev–Trinajstić information content (AvgIpc) is 2.65. The maximum atomic E-state index is 12.9. The van der Waals surface area contributed by atoms with Crippen molar-refractivity contribution in [1.82, 2.24) is 4.72 Å². The first-order valence-corrected chi connectivity index (χ1v) is 10.6. The second kappa shape index (κ2) is 9.71. The number of benzene rings is 2. The van der Waals surface area contributed by atoms with E-state index in [1.807, 2.05) is 30.3 Å². The van der Waals surface area contributed by atoms with Gasteiger partial charge in [-0.1, -0.05) is 30.3 Å². The molecule has 0 saturated heterocycles. The van der Waals surface area contributed by atoms with Crippen LogP contribution in [0.5, 0.6) is 5.75 Å². The number of ether oxygens (including phenoxy) is 2. The van der Waals surface area contributed by atoms with Crippen molar-refractivity contribution in [2.75, 3.05) is 20.3 Å². The van der Waals surface area contributed by atoms with Gasteiger partial charge in [0.1, 0.15) is 5.75 Å². The maximum absolute atomic E-state index is 12.9. The summed E-state index contributed by atoms with van der Waals surface area (Å²) in [4.78, 5) is 12.5. The summed E-state index contributed by atoms with van der Waals surface area (Å²) in [6.07, 6.45) is 0.392. The quantitative estimate of drug-likeness (QED) is 0.649. The van der Waals surface area contributed by atoms with Gasteiger partial charge in [0.15, 0.2) is 0 Å². The predicted octanol–water partition coefficient (Wildman–Crippen LogP) is 3.01. The fourth-order valence-corrected chi connectivity index (χ4v) is 4.66. The van der Waals surface area contributed by atoms with Crippen LogP contribution in [-0.4, -0.2) is 34.6 Å². The van der Waals surface area contributed by atoms with E-state index >= 15 is 0 Å². The molecule has 1 N–H and O–H groups in total. The minimum atomic E-state index is -3.80. The van der Waals surface area contributed by atoms with E-state index in [2.05, 4.69) is 4.72 Å². The van der Waals surface area contributed by atoms with Crippen molar-refractivity contribution < 1.29 is 22.7 Å². The van der Waals surface area contributed by atoms with Crippen LogP contribution >= 0.6 is 0 Å². The van der Waals surface area contributed by atoms with Gasteiger partial charge in [-0.15, -0.1) is 0 Å². The number of rotatable bonds is 9. The molecule has 28 heavy (non-hydrogen) atoms. The summed E-state index contributed by atoms with van der Waals surface area (Å²) in [7, 11) is -2.26. The number of carbonyl (C=O) groups is 1. The molecule has 1 atom stereocenters. The lowest BCUT2D eigenvalue weighted by atomic mass is 10.00. The Bertz CT molecular complexity index is 887. The lowest BCUT2D eigenvalue weighted by molar-refractivity contribution is -0.147. The third kappa shape index (κ3) is 5.56. The third-order valence-corrected chi connectivity index (χ3v) is 6.13. The Morgan fingerprint density at radius 2 is 1.71 bits per heavy atom. The Hall–Kier alpha value is -2.38. The maximum Gasteiger partial charge on any atom is 0.310 e. The number of carbonyl (C=O) groups excluding carboxylic acids is 1. The molecule has 0 amide bonds. The highest BCUT2D eigenvalue weighted by molar-refractivity contribution is 7.89. The van der Waals surface area contributed by atoms with Crippen LogP contribution in [0.15, 0.2) is 47.4 Å². The van der Waals surface area contributed by atoms with Gasteiger partial charge in [0.25, 0.3) is 0 Å². The zero-order chi connectivity index (χ0) is 20.7. The predicted molar refractivity (Wildman–Crippen MR) is 108 cm³/mol. The molecule has 0 fully saturated rings. The lowest BCUT2D eigenvalue weighted by Gasteiger charge is -2.18. The summed E-state index contributed by atoms with van der Waals surface area (Å²) >= 11 is 0. The van der Waals surface area contributed by atoms with Crippen LogP contribution in [0, 0.1) is 19.8 Å². The second-order valence-corrected chi connectivity index (χ2v) is 8.28. The van der Waals surface area contributed by atoms with E-state index in [1.165, 1.54) is 7.11 Å². The molecule has 0 unspecified atom stereocenters. The van der Waals surface area contributed by atoms with Crippen LogP contribution in [0.3, 0.4) is 0 Å². The molecule has 2 aromatic rings. The van der Waals surface area contributed by atoms with Crippen molar-refractivity contribution in [2.45, 2.75) is 32.1 Å². The molecule has 0 heterocycles. The molecule has 0 aliphatic carbocycles. The molecular formula is C21H27NO5S. The number of methoxy groups -OCH3 is 1. The smallest absolute Gasteiger partial charge is 0.310 e. The van der Waals surface area contributed by atoms with Crippen LogP contribution in [0.4, 0.5) is 0 Å². The number of hydrogen-bond acceptors (Lipinski definition) is 5. The summed E-state index contributed by atoms with van der Waals surface area (Å²) in [6.45, 7) is 5.37. The molecule has 2 aromatic carbocycles. The Labute approximate surface area is 166 Å². The van der Waals surface area contributed by atoms with Gasteiger partial charge in [-0.2, -0.15) is 0 Å². The van der Waals surface area contributed by atoms with E-state index in [0.717, 1.165) is 5.56 Å². The van der Waals surface area contributed by atoms with E-state index in [-0.39, 0.29) is 18.0 Å². The van der Waals surface area contributed by atoms with Crippen molar-refractivity contribution >= 4 is 16.0 Å². The van der Waals surface area contributed by atoms with Crippen molar-refractivity contribution in [3.05, 3.63) is 59.2 Å². The summed E-state index contributed by atoms with van der Waals surface area (Å²) in [5, 5.41) is 0. The summed E-state index contributed by atoms with van der Waals surface area (Å²) in [5.41, 5.74) is 2.11. The number of aryl methyl sites for hydroxylation is 2. The monoisotopic (exact) mass is 405 g/mol. The van der Waals surface area contributed by atoms with Gasteiger partial charge in [-0.05, 0) is 56.0 Å². The Balaban J connectivity index is 2.22. The molecule has 0 saturated carbocycles. The Kier molecular flexibility index (Phi) is 7.60. The summed E-state index contributed by atoms with van der Waals surface area (Å²) < 4.78 is 38.7. The van der Waals surface area contributed by atoms with E-state index in [1.54, 1.807) is 32.9 Å². The number of hydrogen-bond donors (Lipinski definition) is 1. The SMILES string of the molecule is CCOC(=O)[C@@H](CNS(=O)(=O)c1c(C)cc(OC)cc1C)Cc1ccccc1. The summed E-state index contributed by atoms with van der Waals surface area (Å²) in [5.74, 6) is -0.435. The van der Waals surface area contributed by atoms with Crippen molar-refractivity contribution in [3.8, 4) is 5.75 Å². The normalized spacial score (nSPS) is 12.4. The second-order valence-electron chi connectivity index (χ2n) is 6.58. The molecule has 152 valence electrons. The fraction of sp³-hybridized carbons (Fsp3) is 0.381. The van der Waals surface area contributed by atoms with Gasteiger partial charge in [0.05, 0.1) is 24.5 Å². The van der Waals surface area contributed by atoms with E-state index in [9.17, 15) is 13.2 Å². The molecule has 0 radical (unpaired) electrons. The van der Waals surface area contributed by atoms with E-state index in [0.29, 0.717) is 23.3 Å². The topological polar surface area (TPSA) is 81.7 Å². The third-order valence-electron chi connectivity index (χ3n) is 4.40. The minimum absolute atomic E-state index is 0.0407. The van der Waals surface area contributed by atoms with Gasteiger partial charge in [0.2, 0.25) is 10.0 Å². The molecule has 0 aromatic heterocycles. The van der Waals surface area contributed by atoms with Crippen molar-refractivity contribution in [2.24, 2.45) is 5.92 Å². The van der Waals surface area contributed by atoms with Gasteiger partial charge < -0.3 is 9.47 Å². The first kappa shape index (κ1) is 21.9. The lowest BCUT2D eigenvalue weighted by Crippen LogP contribution is -2.35. The number of sulfonamides is 1. The number of esters is 1. The van der Waals surface area contributed by atoms with E-state index in [4.69, 9.17) is 9.47 Å². The molecular weight excluding hydrogens is 378 g/mol. The van der Waals surface area contributed by atoms with Gasteiger partial charge >= 0.3 is 5.97 Å². The highest BCUT2D eigenvalue weighted by Gasteiger charge is 2.26. The van der Waals surface area contributed by atoms with Crippen molar-refractivity contribution in [3.63, 3.8) is 0 Å². The minimum Gasteiger partial charge on any atom is -0.497 e. The van der Waals surface area contributed by atoms with Crippen LogP contribution in [0.25, 0.3) is 0 Å². The molecule has 7 heteroatoms. The summed E-state index contributed by atoms with van der Waals surface area (Å²) in [6, 6.07) is 12.8. The van der Waals surface area contributed by atoms with Gasteiger partial charge in [0, 0.05) is 6.54 Å². The van der Waals surface area contributed by atoms with Gasteiger partial charge in [-0.3, -0.25) is 4.79 Å². The van der Waals surface area contributed by atoms with Gasteiger partial charge in [-0.25, -0.2) is 13.1 Å². The molecule has 0 spiro atoms.